The standard InChI is InChI=1S/C17H21F3N2O2/c1-11(7-17(18,19)20)8-21-9-12-4-14-15(22-10-12)5-13(23-2)6-16(14)24-3/h4-6,10-11,21H,7-9H2,1-3H3/t11-/m1/s1. The van der Waals surface area contributed by atoms with Crippen molar-refractivity contribution in [2.75, 3.05) is 20.8 Å². The number of hydrogen-bond acceptors (Lipinski definition) is 4. The summed E-state index contributed by atoms with van der Waals surface area (Å²) in [5.41, 5.74) is 1.62. The molecule has 0 aliphatic heterocycles. The van der Waals surface area contributed by atoms with Crippen molar-refractivity contribution in [2.24, 2.45) is 5.92 Å². The summed E-state index contributed by atoms with van der Waals surface area (Å²) in [6.07, 6.45) is -3.22. The van der Waals surface area contributed by atoms with Gasteiger partial charge >= 0.3 is 6.18 Å². The predicted molar refractivity (Wildman–Crippen MR) is 86.4 cm³/mol. The van der Waals surface area contributed by atoms with E-state index < -0.39 is 18.5 Å². The molecular weight excluding hydrogens is 321 g/mol. The lowest BCUT2D eigenvalue weighted by Crippen LogP contribution is -2.24. The number of rotatable bonds is 7. The zero-order valence-corrected chi connectivity index (χ0v) is 13.9. The Balaban J connectivity index is 2.05. The van der Waals surface area contributed by atoms with Gasteiger partial charge in [-0.2, -0.15) is 13.2 Å². The summed E-state index contributed by atoms with van der Waals surface area (Å²) in [5.74, 6) is 0.819. The van der Waals surface area contributed by atoms with Gasteiger partial charge in [0.25, 0.3) is 0 Å². The van der Waals surface area contributed by atoms with Crippen molar-refractivity contribution in [2.45, 2.75) is 26.1 Å². The fraction of sp³-hybridized carbons (Fsp3) is 0.471. The molecule has 0 bridgehead atoms. The number of alkyl halides is 3. The first-order chi connectivity index (χ1) is 11.3. The molecule has 1 heterocycles. The molecule has 1 aromatic heterocycles. The lowest BCUT2D eigenvalue weighted by molar-refractivity contribution is -0.142. The molecule has 1 aromatic carbocycles. The molecule has 0 saturated carbocycles. The van der Waals surface area contributed by atoms with Gasteiger partial charge in [-0.05, 0) is 24.1 Å². The number of methoxy groups -OCH3 is 2. The summed E-state index contributed by atoms with van der Waals surface area (Å²) in [7, 11) is 3.14. The minimum Gasteiger partial charge on any atom is -0.497 e. The van der Waals surface area contributed by atoms with Gasteiger partial charge in [-0.1, -0.05) is 6.92 Å². The van der Waals surface area contributed by atoms with E-state index in [1.54, 1.807) is 39.5 Å². The first-order valence-electron chi connectivity index (χ1n) is 7.60. The van der Waals surface area contributed by atoms with Crippen LogP contribution in [0.2, 0.25) is 0 Å². The van der Waals surface area contributed by atoms with Gasteiger partial charge in [0.1, 0.15) is 11.5 Å². The number of fused-ring (bicyclic) bond motifs is 1. The van der Waals surface area contributed by atoms with Crippen molar-refractivity contribution in [3.8, 4) is 11.5 Å². The number of benzene rings is 1. The molecule has 0 spiro atoms. The highest BCUT2D eigenvalue weighted by Crippen LogP contribution is 2.30. The van der Waals surface area contributed by atoms with Gasteiger partial charge < -0.3 is 14.8 Å². The number of hydrogen-bond donors (Lipinski definition) is 1. The smallest absolute Gasteiger partial charge is 0.389 e. The fourth-order valence-electron chi connectivity index (χ4n) is 2.53. The molecule has 2 aromatic rings. The topological polar surface area (TPSA) is 43.4 Å². The van der Waals surface area contributed by atoms with Crippen LogP contribution in [0.3, 0.4) is 0 Å². The second kappa shape index (κ2) is 7.70. The van der Waals surface area contributed by atoms with E-state index in [9.17, 15) is 13.2 Å². The van der Waals surface area contributed by atoms with Crippen LogP contribution in [0.15, 0.2) is 24.4 Å². The zero-order valence-electron chi connectivity index (χ0n) is 13.9. The minimum atomic E-state index is -4.13. The van der Waals surface area contributed by atoms with Crippen LogP contribution in [0, 0.1) is 5.92 Å². The maximum atomic E-state index is 12.3. The molecule has 0 aliphatic carbocycles. The quantitative estimate of drug-likeness (QED) is 0.828. The summed E-state index contributed by atoms with van der Waals surface area (Å²) in [5, 5.41) is 3.88. The van der Waals surface area contributed by atoms with Crippen LogP contribution >= 0.6 is 0 Å². The van der Waals surface area contributed by atoms with Crippen molar-refractivity contribution in [3.63, 3.8) is 0 Å². The second-order valence-electron chi connectivity index (χ2n) is 5.80. The number of aromatic nitrogens is 1. The minimum absolute atomic E-state index is 0.289. The van der Waals surface area contributed by atoms with Crippen molar-refractivity contribution >= 4 is 10.9 Å². The first-order valence-corrected chi connectivity index (χ1v) is 7.60. The number of halogens is 3. The Morgan fingerprint density at radius 1 is 1.17 bits per heavy atom. The van der Waals surface area contributed by atoms with Crippen molar-refractivity contribution in [3.05, 3.63) is 30.0 Å². The molecule has 0 radical (unpaired) electrons. The van der Waals surface area contributed by atoms with Gasteiger partial charge in [-0.15, -0.1) is 0 Å². The molecule has 0 amide bonds. The number of nitrogens with one attached hydrogen (secondary N) is 1. The molecule has 4 nitrogen and oxygen atoms in total. The molecule has 1 N–H and O–H groups in total. The number of nitrogens with zero attached hydrogens (tertiary/aromatic N) is 1. The number of pyridine rings is 1. The van der Waals surface area contributed by atoms with Crippen LogP contribution in [-0.4, -0.2) is 31.9 Å². The molecule has 0 fully saturated rings. The van der Waals surface area contributed by atoms with Gasteiger partial charge in [0, 0.05) is 36.7 Å². The van der Waals surface area contributed by atoms with Crippen LogP contribution in [0.25, 0.3) is 10.9 Å². The van der Waals surface area contributed by atoms with Crippen LogP contribution in [0.1, 0.15) is 18.9 Å². The van der Waals surface area contributed by atoms with E-state index >= 15 is 0 Å². The maximum Gasteiger partial charge on any atom is 0.389 e. The average Bonchev–Trinajstić information content (AvgIpc) is 2.52. The molecule has 1 atom stereocenters. The Morgan fingerprint density at radius 2 is 1.92 bits per heavy atom. The highest BCUT2D eigenvalue weighted by Gasteiger charge is 2.29. The summed E-state index contributed by atoms with van der Waals surface area (Å²) >= 11 is 0. The van der Waals surface area contributed by atoms with E-state index in [4.69, 9.17) is 9.47 Å². The first kappa shape index (κ1) is 18.3. The van der Waals surface area contributed by atoms with Gasteiger partial charge in [-0.3, -0.25) is 4.98 Å². The Kier molecular flexibility index (Phi) is 5.88. The van der Waals surface area contributed by atoms with Gasteiger partial charge in [0.15, 0.2) is 0 Å². The highest BCUT2D eigenvalue weighted by molar-refractivity contribution is 5.87. The van der Waals surface area contributed by atoms with E-state index in [1.807, 2.05) is 6.07 Å². The molecule has 132 valence electrons. The Hall–Kier alpha value is -2.02. The average molecular weight is 342 g/mol. The Labute approximate surface area is 139 Å². The number of ether oxygens (including phenoxy) is 2. The second-order valence-corrected chi connectivity index (χ2v) is 5.80. The summed E-state index contributed by atoms with van der Waals surface area (Å²) in [4.78, 5) is 4.38. The summed E-state index contributed by atoms with van der Waals surface area (Å²) < 4.78 is 47.5. The van der Waals surface area contributed by atoms with E-state index in [2.05, 4.69) is 10.3 Å². The lowest BCUT2D eigenvalue weighted by atomic mass is 10.1. The fourth-order valence-corrected chi connectivity index (χ4v) is 2.53. The third-order valence-corrected chi connectivity index (χ3v) is 3.65. The van der Waals surface area contributed by atoms with Gasteiger partial charge in [0.05, 0.1) is 19.7 Å². The Morgan fingerprint density at radius 3 is 2.54 bits per heavy atom. The highest BCUT2D eigenvalue weighted by atomic mass is 19.4. The van der Waals surface area contributed by atoms with Crippen molar-refractivity contribution < 1.29 is 22.6 Å². The molecule has 24 heavy (non-hydrogen) atoms. The summed E-state index contributed by atoms with van der Waals surface area (Å²) in [6.45, 7) is 2.31. The van der Waals surface area contributed by atoms with Crippen molar-refractivity contribution in [1.82, 2.24) is 10.3 Å². The van der Waals surface area contributed by atoms with E-state index in [0.29, 0.717) is 18.0 Å². The molecular formula is C17H21F3N2O2. The Bertz CT molecular complexity index is 689. The molecule has 0 aliphatic rings. The molecule has 0 saturated heterocycles. The van der Waals surface area contributed by atoms with E-state index in [1.165, 1.54) is 0 Å². The third kappa shape index (κ3) is 4.99. The SMILES string of the molecule is COc1cc(OC)c2cc(CNC[C@H](C)CC(F)(F)F)cnc2c1. The van der Waals surface area contributed by atoms with Gasteiger partial charge in [0.2, 0.25) is 0 Å². The molecule has 7 heteroatoms. The lowest BCUT2D eigenvalue weighted by Gasteiger charge is -2.15. The monoisotopic (exact) mass is 342 g/mol. The van der Waals surface area contributed by atoms with Crippen LogP contribution in [0.4, 0.5) is 13.2 Å². The van der Waals surface area contributed by atoms with Gasteiger partial charge in [-0.25, -0.2) is 0 Å². The normalized spacial score (nSPS) is 13.1. The predicted octanol–water partition coefficient (Wildman–Crippen LogP) is 3.93. The van der Waals surface area contributed by atoms with E-state index in [-0.39, 0.29) is 6.54 Å². The zero-order chi connectivity index (χ0) is 17.7. The van der Waals surface area contributed by atoms with Crippen LogP contribution in [0.5, 0.6) is 11.5 Å². The third-order valence-electron chi connectivity index (χ3n) is 3.65. The van der Waals surface area contributed by atoms with E-state index in [0.717, 1.165) is 16.5 Å². The molecule has 2 rings (SSSR count). The largest absolute Gasteiger partial charge is 0.497 e. The summed E-state index contributed by atoms with van der Waals surface area (Å²) in [6, 6.07) is 5.50. The van der Waals surface area contributed by atoms with Crippen molar-refractivity contribution in [1.29, 1.82) is 0 Å². The van der Waals surface area contributed by atoms with Crippen LogP contribution < -0.4 is 14.8 Å². The maximum absolute atomic E-state index is 12.3. The molecule has 0 unspecified atom stereocenters. The van der Waals surface area contributed by atoms with Crippen LogP contribution in [-0.2, 0) is 6.54 Å².